The molecule has 0 saturated heterocycles. The van der Waals surface area contributed by atoms with Gasteiger partial charge in [0.2, 0.25) is 0 Å². The summed E-state index contributed by atoms with van der Waals surface area (Å²) in [5, 5.41) is 12.1. The SMILES string of the molecule is Cc1nc(CSc2ccc(C(=O)OCC(=O)N(CC#N)c3ccccc3)cc2)cs1. The van der Waals surface area contributed by atoms with Crippen LogP contribution >= 0.6 is 23.1 Å². The fourth-order valence-corrected chi connectivity index (χ4v) is 4.12. The zero-order valence-electron chi connectivity index (χ0n) is 16.3. The minimum absolute atomic E-state index is 0.120. The van der Waals surface area contributed by atoms with Gasteiger partial charge in [-0.1, -0.05) is 18.2 Å². The molecule has 1 heterocycles. The van der Waals surface area contributed by atoms with E-state index in [9.17, 15) is 9.59 Å². The van der Waals surface area contributed by atoms with Gasteiger partial charge in [0, 0.05) is 21.7 Å². The zero-order chi connectivity index (χ0) is 21.3. The highest BCUT2D eigenvalue weighted by Gasteiger charge is 2.18. The molecule has 0 spiro atoms. The van der Waals surface area contributed by atoms with Crippen molar-refractivity contribution in [1.29, 1.82) is 5.26 Å². The Bertz CT molecular complexity index is 1040. The molecule has 0 atom stereocenters. The number of anilines is 1. The number of rotatable bonds is 8. The number of esters is 1. The van der Waals surface area contributed by atoms with E-state index in [1.165, 1.54) is 4.90 Å². The van der Waals surface area contributed by atoms with Crippen molar-refractivity contribution in [3.05, 3.63) is 76.2 Å². The minimum atomic E-state index is -0.583. The van der Waals surface area contributed by atoms with Crippen molar-refractivity contribution in [3.63, 3.8) is 0 Å². The summed E-state index contributed by atoms with van der Waals surface area (Å²) in [4.78, 5) is 31.4. The molecule has 30 heavy (non-hydrogen) atoms. The van der Waals surface area contributed by atoms with Crippen molar-refractivity contribution >= 4 is 40.7 Å². The van der Waals surface area contributed by atoms with Crippen molar-refractivity contribution in [1.82, 2.24) is 4.98 Å². The smallest absolute Gasteiger partial charge is 0.338 e. The normalized spacial score (nSPS) is 10.3. The molecule has 0 saturated carbocycles. The van der Waals surface area contributed by atoms with E-state index in [-0.39, 0.29) is 6.54 Å². The van der Waals surface area contributed by atoms with Crippen LogP contribution in [-0.2, 0) is 15.3 Å². The highest BCUT2D eigenvalue weighted by Crippen LogP contribution is 2.24. The molecule has 0 radical (unpaired) electrons. The third-order valence-electron chi connectivity index (χ3n) is 4.07. The Morgan fingerprint density at radius 1 is 1.17 bits per heavy atom. The Morgan fingerprint density at radius 2 is 1.90 bits per heavy atom. The molecule has 6 nitrogen and oxygen atoms in total. The monoisotopic (exact) mass is 437 g/mol. The summed E-state index contributed by atoms with van der Waals surface area (Å²) in [5.74, 6) is -0.279. The molecule has 1 aromatic heterocycles. The van der Waals surface area contributed by atoms with Gasteiger partial charge in [0.1, 0.15) is 6.54 Å². The van der Waals surface area contributed by atoms with Crippen LogP contribution in [0.1, 0.15) is 21.1 Å². The van der Waals surface area contributed by atoms with Gasteiger partial charge in [0.25, 0.3) is 5.91 Å². The molecule has 2 aromatic carbocycles. The van der Waals surface area contributed by atoms with Gasteiger partial charge < -0.3 is 4.74 Å². The Hall–Kier alpha value is -3.15. The van der Waals surface area contributed by atoms with E-state index in [4.69, 9.17) is 10.00 Å². The molecule has 8 heteroatoms. The van der Waals surface area contributed by atoms with Crippen LogP contribution in [0.25, 0.3) is 0 Å². The average molecular weight is 438 g/mol. The number of ether oxygens (including phenoxy) is 1. The average Bonchev–Trinajstić information content (AvgIpc) is 3.20. The molecule has 0 bridgehead atoms. The maximum atomic E-state index is 12.4. The van der Waals surface area contributed by atoms with Gasteiger partial charge in [0.05, 0.1) is 22.3 Å². The van der Waals surface area contributed by atoms with Gasteiger partial charge in [0.15, 0.2) is 6.61 Å². The van der Waals surface area contributed by atoms with Crippen LogP contribution in [0.4, 0.5) is 5.69 Å². The first-order valence-electron chi connectivity index (χ1n) is 9.10. The lowest BCUT2D eigenvalue weighted by molar-refractivity contribution is -0.121. The van der Waals surface area contributed by atoms with Crippen LogP contribution in [-0.4, -0.2) is 30.0 Å². The van der Waals surface area contributed by atoms with E-state index in [1.54, 1.807) is 59.5 Å². The van der Waals surface area contributed by atoms with Crippen molar-refractivity contribution in [2.45, 2.75) is 17.6 Å². The first kappa shape index (κ1) is 21.6. The lowest BCUT2D eigenvalue weighted by atomic mass is 10.2. The van der Waals surface area contributed by atoms with Crippen LogP contribution in [0.3, 0.4) is 0 Å². The number of aromatic nitrogens is 1. The van der Waals surface area contributed by atoms with Crippen LogP contribution in [0.2, 0.25) is 0 Å². The molecule has 0 aliphatic carbocycles. The van der Waals surface area contributed by atoms with E-state index in [0.717, 1.165) is 21.3 Å². The second-order valence-electron chi connectivity index (χ2n) is 6.22. The zero-order valence-corrected chi connectivity index (χ0v) is 17.9. The molecule has 0 fully saturated rings. The van der Waals surface area contributed by atoms with Crippen molar-refractivity contribution in [2.24, 2.45) is 0 Å². The van der Waals surface area contributed by atoms with E-state index >= 15 is 0 Å². The lowest BCUT2D eigenvalue weighted by Crippen LogP contribution is -2.35. The summed E-state index contributed by atoms with van der Waals surface area (Å²) in [5.41, 5.74) is 1.98. The van der Waals surface area contributed by atoms with Gasteiger partial charge in [-0.2, -0.15) is 5.26 Å². The molecular formula is C22H19N3O3S2. The van der Waals surface area contributed by atoms with Gasteiger partial charge in [-0.05, 0) is 43.3 Å². The number of aryl methyl sites for hydroxylation is 1. The lowest BCUT2D eigenvalue weighted by Gasteiger charge is -2.19. The van der Waals surface area contributed by atoms with Crippen LogP contribution < -0.4 is 4.90 Å². The van der Waals surface area contributed by atoms with E-state index in [2.05, 4.69) is 4.98 Å². The molecule has 152 valence electrons. The number of nitrogens with zero attached hydrogens (tertiary/aromatic N) is 3. The minimum Gasteiger partial charge on any atom is -0.452 e. The second-order valence-corrected chi connectivity index (χ2v) is 8.33. The quantitative estimate of drug-likeness (QED) is 0.294. The molecule has 0 unspecified atom stereocenters. The summed E-state index contributed by atoms with van der Waals surface area (Å²) in [7, 11) is 0. The third-order valence-corrected chi connectivity index (χ3v) is 5.94. The summed E-state index contributed by atoms with van der Waals surface area (Å²) in [6, 6.07) is 17.8. The fraction of sp³-hybridized carbons (Fsp3) is 0.182. The summed E-state index contributed by atoms with van der Waals surface area (Å²) in [6.07, 6.45) is 0. The number of para-hydroxylation sites is 1. The number of hydrogen-bond donors (Lipinski definition) is 0. The summed E-state index contributed by atoms with van der Waals surface area (Å²) >= 11 is 3.26. The number of nitriles is 1. The van der Waals surface area contributed by atoms with Gasteiger partial charge >= 0.3 is 5.97 Å². The highest BCUT2D eigenvalue weighted by molar-refractivity contribution is 7.98. The topological polar surface area (TPSA) is 83.3 Å². The predicted molar refractivity (Wildman–Crippen MR) is 118 cm³/mol. The largest absolute Gasteiger partial charge is 0.452 e. The van der Waals surface area contributed by atoms with Crippen LogP contribution in [0.15, 0.2) is 64.9 Å². The summed E-state index contributed by atoms with van der Waals surface area (Å²) in [6.45, 7) is 1.42. The molecule has 0 aliphatic heterocycles. The maximum absolute atomic E-state index is 12.4. The van der Waals surface area contributed by atoms with E-state index < -0.39 is 18.5 Å². The Labute approximate surface area is 183 Å². The first-order valence-corrected chi connectivity index (χ1v) is 11.0. The molecule has 0 N–H and O–H groups in total. The fourth-order valence-electron chi connectivity index (χ4n) is 2.61. The summed E-state index contributed by atoms with van der Waals surface area (Å²) < 4.78 is 5.16. The number of thioether (sulfide) groups is 1. The predicted octanol–water partition coefficient (Wildman–Crippen LogP) is 4.46. The highest BCUT2D eigenvalue weighted by atomic mass is 32.2. The van der Waals surface area contributed by atoms with E-state index in [1.807, 2.05) is 36.6 Å². The third kappa shape index (κ3) is 5.92. The standard InChI is InChI=1S/C22H19N3O3S2/c1-16-24-18(14-29-16)15-30-20-9-7-17(8-10-20)22(27)28-13-21(26)25(12-11-23)19-5-3-2-4-6-19/h2-10,14H,12-13,15H2,1H3. The second kappa shape index (κ2) is 10.6. The van der Waals surface area contributed by atoms with Gasteiger partial charge in [-0.25, -0.2) is 9.78 Å². The Balaban J connectivity index is 1.53. The van der Waals surface area contributed by atoms with Crippen molar-refractivity contribution < 1.29 is 14.3 Å². The van der Waals surface area contributed by atoms with Gasteiger partial charge in [-0.15, -0.1) is 23.1 Å². The molecule has 0 aliphatic rings. The number of amides is 1. The van der Waals surface area contributed by atoms with Crippen molar-refractivity contribution in [3.8, 4) is 6.07 Å². The van der Waals surface area contributed by atoms with Crippen LogP contribution in [0.5, 0.6) is 0 Å². The molecule has 1 amide bonds. The van der Waals surface area contributed by atoms with Crippen LogP contribution in [0, 0.1) is 18.3 Å². The Kier molecular flexibility index (Phi) is 7.60. The number of thiazole rings is 1. The molecule has 3 aromatic rings. The molecular weight excluding hydrogens is 418 g/mol. The first-order chi connectivity index (χ1) is 14.6. The Morgan fingerprint density at radius 3 is 2.53 bits per heavy atom. The van der Waals surface area contributed by atoms with E-state index in [0.29, 0.717) is 11.3 Å². The maximum Gasteiger partial charge on any atom is 0.338 e. The van der Waals surface area contributed by atoms with Gasteiger partial charge in [-0.3, -0.25) is 9.69 Å². The molecule has 3 rings (SSSR count). The number of benzene rings is 2. The number of carbonyl (C=O) groups is 2. The number of hydrogen-bond acceptors (Lipinski definition) is 7. The number of carbonyl (C=O) groups excluding carboxylic acids is 2. The van der Waals surface area contributed by atoms with Crippen molar-refractivity contribution in [2.75, 3.05) is 18.1 Å².